The Balaban J connectivity index is 2.73. The minimum Gasteiger partial charge on any atom is -0.0868 e. The van der Waals surface area contributed by atoms with Crippen LogP contribution in [0.2, 0.25) is 0 Å². The van der Waals surface area contributed by atoms with Gasteiger partial charge in [0.2, 0.25) is 0 Å². The standard InChI is InChI=1S/Cl2O10/c1-3-5-7-9-11-12-10-8-6-4-2. The summed E-state index contributed by atoms with van der Waals surface area (Å²) in [6, 6.07) is 0. The van der Waals surface area contributed by atoms with Crippen LogP contribution in [-0.2, 0) is 49.2 Å². The second-order valence-corrected chi connectivity index (χ2v) is 0.922. The smallest absolute Gasteiger partial charge is 0.0868 e. The van der Waals surface area contributed by atoms with E-state index in [4.69, 9.17) is 0 Å². The normalized spacial score (nSPS) is 10.5. The number of hydrogen-bond donors (Lipinski definition) is 0. The van der Waals surface area contributed by atoms with E-state index in [0.717, 1.165) is 0 Å². The highest BCUT2D eigenvalue weighted by Gasteiger charge is 1.94. The molecule has 0 aliphatic rings. The fourth-order valence-corrected chi connectivity index (χ4v) is 0.131. The lowest BCUT2D eigenvalue weighted by Crippen LogP contribution is -2.00. The van der Waals surface area contributed by atoms with Crippen molar-refractivity contribution >= 4 is 23.7 Å². The summed E-state index contributed by atoms with van der Waals surface area (Å²) in [5, 5.41) is 27.6. The van der Waals surface area contributed by atoms with E-state index in [-0.39, 0.29) is 0 Å². The maximum absolute atomic E-state index is 4.45. The lowest BCUT2D eigenvalue weighted by atomic mass is 14.1. The zero-order valence-electron chi connectivity index (χ0n) is 4.84. The molecule has 0 aliphatic carbocycles. The van der Waals surface area contributed by atoms with E-state index in [2.05, 4.69) is 72.9 Å². The molecule has 0 amide bonds. The number of halogens is 2. The molecule has 0 rings (SSSR count). The molecule has 0 bridgehead atoms. The van der Waals surface area contributed by atoms with Gasteiger partial charge in [-0.3, -0.25) is 0 Å². The van der Waals surface area contributed by atoms with Gasteiger partial charge in [-0.25, -0.2) is 0 Å². The SMILES string of the molecule is ClOOOOOOOOOOCl. The maximum atomic E-state index is 4.45. The number of rotatable bonds is 9. The summed E-state index contributed by atoms with van der Waals surface area (Å²) in [4.78, 5) is 0. The molecule has 0 spiro atoms. The molecule has 0 fully saturated rings. The van der Waals surface area contributed by atoms with Crippen LogP contribution >= 0.6 is 23.7 Å². The summed E-state index contributed by atoms with van der Waals surface area (Å²) < 4.78 is 6.68. The van der Waals surface area contributed by atoms with E-state index in [9.17, 15) is 0 Å². The highest BCUT2D eigenvalue weighted by Crippen LogP contribution is 1.91. The summed E-state index contributed by atoms with van der Waals surface area (Å²) in [5.74, 6) is 0. The van der Waals surface area contributed by atoms with Crippen molar-refractivity contribution in [3.8, 4) is 0 Å². The van der Waals surface area contributed by atoms with E-state index >= 15 is 0 Å². The molecule has 12 heteroatoms. The summed E-state index contributed by atoms with van der Waals surface area (Å²) in [7, 11) is 0. The van der Waals surface area contributed by atoms with E-state index < -0.39 is 0 Å². The molecule has 0 saturated heterocycles. The minimum absolute atomic E-state index is 3.34. The lowest BCUT2D eigenvalue weighted by Gasteiger charge is -1.95. The molecule has 0 atom stereocenters. The Hall–Kier alpha value is 0.180. The van der Waals surface area contributed by atoms with Gasteiger partial charge in [-0.2, -0.15) is 0 Å². The van der Waals surface area contributed by atoms with Gasteiger partial charge in [0.1, 0.15) is 23.7 Å². The molecule has 0 radical (unpaired) electrons. The third kappa shape index (κ3) is 10.2. The van der Waals surface area contributed by atoms with Gasteiger partial charge in [-0.05, 0) is 40.3 Å². The molecule has 0 N–H and O–H groups in total. The topological polar surface area (TPSA) is 92.3 Å². The van der Waals surface area contributed by atoms with Crippen molar-refractivity contribution in [3.05, 3.63) is 0 Å². The zero-order chi connectivity index (χ0) is 9.07. The first-order valence-corrected chi connectivity index (χ1v) is 2.43. The maximum Gasteiger partial charge on any atom is 0.103 e. The first kappa shape index (κ1) is 12.2. The van der Waals surface area contributed by atoms with Gasteiger partial charge in [0.05, 0.1) is 0 Å². The molecule has 12 heavy (non-hydrogen) atoms. The zero-order valence-corrected chi connectivity index (χ0v) is 6.35. The average Bonchev–Trinajstić information content (AvgIpc) is 2.10. The number of hydrogen-bond acceptors (Lipinski definition) is 10. The highest BCUT2D eigenvalue weighted by atomic mass is 35.5. The van der Waals surface area contributed by atoms with Crippen LogP contribution in [0.4, 0.5) is 0 Å². The largest absolute Gasteiger partial charge is 0.103 e. The molecule has 74 valence electrons. The van der Waals surface area contributed by atoms with Crippen molar-refractivity contribution in [2.45, 2.75) is 0 Å². The van der Waals surface area contributed by atoms with E-state index in [0.29, 0.717) is 0 Å². The molecular weight excluding hydrogens is 231 g/mol. The average molecular weight is 231 g/mol. The fourth-order valence-electron chi connectivity index (χ4n) is 0.0890. The minimum atomic E-state index is 3.34. The van der Waals surface area contributed by atoms with Crippen LogP contribution in [0.1, 0.15) is 0 Å². The van der Waals surface area contributed by atoms with E-state index in [1.54, 1.807) is 0 Å². The van der Waals surface area contributed by atoms with E-state index in [1.807, 2.05) is 0 Å². The molecule has 0 aromatic carbocycles. The van der Waals surface area contributed by atoms with Crippen LogP contribution in [0.3, 0.4) is 0 Å². The predicted octanol–water partition coefficient (Wildman–Crippen LogP) is 0.695. The van der Waals surface area contributed by atoms with Gasteiger partial charge >= 0.3 is 0 Å². The molecule has 10 nitrogen and oxygen atoms in total. The Bertz CT molecular complexity index is 64.2. The van der Waals surface area contributed by atoms with Crippen molar-refractivity contribution < 1.29 is 49.2 Å². The third-order valence-corrected chi connectivity index (χ3v) is 0.349. The molecule has 0 aliphatic heterocycles. The Labute approximate surface area is 73.8 Å². The van der Waals surface area contributed by atoms with Crippen molar-refractivity contribution in [1.29, 1.82) is 0 Å². The summed E-state index contributed by atoms with van der Waals surface area (Å²) in [6.07, 6.45) is 0. The first-order valence-electron chi connectivity index (χ1n) is 1.81. The lowest BCUT2D eigenvalue weighted by molar-refractivity contribution is -0.838. The second kappa shape index (κ2) is 11.2. The van der Waals surface area contributed by atoms with Gasteiger partial charge in [-0.1, -0.05) is 8.88 Å². The first-order chi connectivity index (χ1) is 5.91. The van der Waals surface area contributed by atoms with Gasteiger partial charge < -0.3 is 0 Å². The van der Waals surface area contributed by atoms with E-state index in [1.165, 1.54) is 0 Å². The third-order valence-electron chi connectivity index (χ3n) is 0.246. The molecule has 0 saturated carbocycles. The molecule has 0 heterocycles. The summed E-state index contributed by atoms with van der Waals surface area (Å²) >= 11 is 8.90. The van der Waals surface area contributed by atoms with Crippen LogP contribution in [0.25, 0.3) is 0 Å². The van der Waals surface area contributed by atoms with Crippen LogP contribution in [0.15, 0.2) is 0 Å². The van der Waals surface area contributed by atoms with Crippen LogP contribution < -0.4 is 0 Å². The molecular formula is Cl2O10. The quantitative estimate of drug-likeness (QED) is 0.320. The second-order valence-electron chi connectivity index (χ2n) is 0.670. The Morgan fingerprint density at radius 2 is 0.667 bits per heavy atom. The highest BCUT2D eigenvalue weighted by molar-refractivity contribution is 6.06. The predicted molar refractivity (Wildman–Crippen MR) is 22.6 cm³/mol. The summed E-state index contributed by atoms with van der Waals surface area (Å²) in [6.45, 7) is 0. The molecule has 0 aromatic rings. The van der Waals surface area contributed by atoms with Gasteiger partial charge in [-0.15, -0.1) is 0 Å². The Kier molecular flexibility index (Phi) is 11.3. The van der Waals surface area contributed by atoms with Crippen LogP contribution in [-0.4, -0.2) is 0 Å². The van der Waals surface area contributed by atoms with Gasteiger partial charge in [0.15, 0.2) is 0 Å². The van der Waals surface area contributed by atoms with Crippen molar-refractivity contribution in [1.82, 2.24) is 0 Å². The summed E-state index contributed by atoms with van der Waals surface area (Å²) in [5.41, 5.74) is 0. The molecule has 0 unspecified atom stereocenters. The van der Waals surface area contributed by atoms with Crippen LogP contribution in [0.5, 0.6) is 0 Å². The Morgan fingerprint density at radius 1 is 0.417 bits per heavy atom. The van der Waals surface area contributed by atoms with Crippen LogP contribution in [0, 0.1) is 0 Å². The fraction of sp³-hybridized carbons (Fsp3) is 0. The van der Waals surface area contributed by atoms with Crippen molar-refractivity contribution in [2.24, 2.45) is 0 Å². The van der Waals surface area contributed by atoms with Crippen molar-refractivity contribution in [2.75, 3.05) is 0 Å². The van der Waals surface area contributed by atoms with Crippen molar-refractivity contribution in [3.63, 3.8) is 0 Å². The monoisotopic (exact) mass is 230 g/mol. The molecule has 0 aromatic heterocycles. The Morgan fingerprint density at radius 3 is 0.917 bits per heavy atom. The van der Waals surface area contributed by atoms with Gasteiger partial charge in [0.25, 0.3) is 0 Å². The van der Waals surface area contributed by atoms with Gasteiger partial charge in [0, 0.05) is 0 Å².